The van der Waals surface area contributed by atoms with E-state index >= 15 is 0 Å². The van der Waals surface area contributed by atoms with Crippen molar-refractivity contribution in [3.63, 3.8) is 0 Å². The molecule has 3 heterocycles. The molecule has 122 valence electrons. The number of rotatable bonds is 1. The second kappa shape index (κ2) is 5.73. The average Bonchev–Trinajstić information content (AvgIpc) is 2.95. The number of anilines is 1. The van der Waals surface area contributed by atoms with Crippen LogP contribution in [0.2, 0.25) is 0 Å². The van der Waals surface area contributed by atoms with Gasteiger partial charge in [0.2, 0.25) is 0 Å². The average molecular weight is 437 g/mol. The van der Waals surface area contributed by atoms with Gasteiger partial charge in [-0.1, -0.05) is 0 Å². The summed E-state index contributed by atoms with van der Waals surface area (Å²) in [6.07, 6.45) is 3.56. The van der Waals surface area contributed by atoms with E-state index in [0.717, 1.165) is 14.9 Å². The molecular weight excluding hydrogens is 424 g/mol. The third-order valence-electron chi connectivity index (χ3n) is 4.02. The Morgan fingerprint density at radius 3 is 3.04 bits per heavy atom. The summed E-state index contributed by atoms with van der Waals surface area (Å²) < 4.78 is 21.7. The monoisotopic (exact) mass is 437 g/mol. The van der Waals surface area contributed by atoms with Crippen molar-refractivity contribution in [2.24, 2.45) is 0 Å². The molecule has 7 heteroatoms. The second-order valence-electron chi connectivity index (χ2n) is 5.60. The van der Waals surface area contributed by atoms with E-state index in [9.17, 15) is 9.18 Å². The van der Waals surface area contributed by atoms with Crippen molar-refractivity contribution in [3.8, 4) is 5.75 Å². The van der Waals surface area contributed by atoms with Crippen molar-refractivity contribution in [2.45, 2.75) is 6.92 Å². The Labute approximate surface area is 151 Å². The molecule has 0 spiro atoms. The summed E-state index contributed by atoms with van der Waals surface area (Å²) in [6, 6.07) is 6.05. The number of amides is 1. The van der Waals surface area contributed by atoms with E-state index in [2.05, 4.69) is 27.6 Å². The molecule has 0 unspecified atom stereocenters. The number of benzene rings is 1. The highest BCUT2D eigenvalue weighted by molar-refractivity contribution is 14.1. The summed E-state index contributed by atoms with van der Waals surface area (Å²) in [5.41, 5.74) is 2.91. The number of hydrogen-bond donors (Lipinski definition) is 0. The van der Waals surface area contributed by atoms with E-state index in [1.807, 2.05) is 17.4 Å². The molecule has 4 rings (SSSR count). The number of pyridine rings is 1. The zero-order chi connectivity index (χ0) is 16.8. The Morgan fingerprint density at radius 1 is 1.38 bits per heavy atom. The fourth-order valence-electron chi connectivity index (χ4n) is 2.91. The standard InChI is InChI=1S/C17H13FIN3O2/c1-10-6-11(9-22-15(19)8-20-16(10)22)17(23)21-4-5-24-14-7-12(18)2-3-13(14)21/h2-3,6-9H,4-5H2,1H3. The van der Waals surface area contributed by atoms with Crippen molar-refractivity contribution in [3.05, 3.63) is 57.3 Å². The molecule has 2 aromatic heterocycles. The molecule has 0 aliphatic carbocycles. The van der Waals surface area contributed by atoms with E-state index in [4.69, 9.17) is 4.74 Å². The van der Waals surface area contributed by atoms with Gasteiger partial charge in [0.25, 0.3) is 5.91 Å². The molecule has 5 nitrogen and oxygen atoms in total. The number of hydrogen-bond acceptors (Lipinski definition) is 3. The van der Waals surface area contributed by atoms with Crippen LogP contribution in [0.4, 0.5) is 10.1 Å². The number of carbonyl (C=O) groups excluding carboxylic acids is 1. The van der Waals surface area contributed by atoms with Gasteiger partial charge in [0.1, 0.15) is 27.5 Å². The van der Waals surface area contributed by atoms with Crippen molar-refractivity contribution in [1.29, 1.82) is 0 Å². The third kappa shape index (κ3) is 2.43. The zero-order valence-corrected chi connectivity index (χ0v) is 14.9. The minimum absolute atomic E-state index is 0.138. The first kappa shape index (κ1) is 15.4. The molecule has 1 aromatic carbocycles. The summed E-state index contributed by atoms with van der Waals surface area (Å²) in [4.78, 5) is 19.0. The first-order valence-electron chi connectivity index (χ1n) is 7.42. The number of ether oxygens (including phenoxy) is 1. The predicted molar refractivity (Wildman–Crippen MR) is 96.2 cm³/mol. The largest absolute Gasteiger partial charge is 0.489 e. The Hall–Kier alpha value is -2.16. The normalized spacial score (nSPS) is 13.7. The molecule has 0 fully saturated rings. The molecule has 0 bridgehead atoms. The summed E-state index contributed by atoms with van der Waals surface area (Å²) in [7, 11) is 0. The van der Waals surface area contributed by atoms with Gasteiger partial charge in [0.05, 0.1) is 24.0 Å². The number of carbonyl (C=O) groups is 1. The van der Waals surface area contributed by atoms with E-state index in [1.165, 1.54) is 12.1 Å². The van der Waals surface area contributed by atoms with Gasteiger partial charge < -0.3 is 9.64 Å². The number of imidazole rings is 1. The van der Waals surface area contributed by atoms with Crippen LogP contribution in [0.15, 0.2) is 36.7 Å². The summed E-state index contributed by atoms with van der Waals surface area (Å²) in [5.74, 6) is -0.126. The summed E-state index contributed by atoms with van der Waals surface area (Å²) in [6.45, 7) is 2.69. The van der Waals surface area contributed by atoms with E-state index < -0.39 is 0 Å². The van der Waals surface area contributed by atoms with Crippen LogP contribution in [0, 0.1) is 16.4 Å². The molecule has 1 aliphatic heterocycles. The lowest BCUT2D eigenvalue weighted by Gasteiger charge is -2.29. The maximum atomic E-state index is 13.4. The summed E-state index contributed by atoms with van der Waals surface area (Å²) in [5, 5.41) is 0. The van der Waals surface area contributed by atoms with Gasteiger partial charge in [0.15, 0.2) is 0 Å². The lowest BCUT2D eigenvalue weighted by molar-refractivity contribution is 0.0976. The lowest BCUT2D eigenvalue weighted by atomic mass is 10.1. The molecule has 1 amide bonds. The van der Waals surface area contributed by atoms with Gasteiger partial charge in [0, 0.05) is 12.3 Å². The highest BCUT2D eigenvalue weighted by Crippen LogP contribution is 2.33. The number of nitrogens with zero attached hydrogens (tertiary/aromatic N) is 3. The van der Waals surface area contributed by atoms with Gasteiger partial charge in [-0.2, -0.15) is 0 Å². The molecule has 0 N–H and O–H groups in total. The Bertz CT molecular complexity index is 970. The molecule has 0 atom stereocenters. The first-order valence-corrected chi connectivity index (χ1v) is 8.50. The maximum absolute atomic E-state index is 13.4. The highest BCUT2D eigenvalue weighted by atomic mass is 127. The van der Waals surface area contributed by atoms with Crippen molar-refractivity contribution in [2.75, 3.05) is 18.1 Å². The minimum Gasteiger partial charge on any atom is -0.489 e. The fourth-order valence-corrected chi connectivity index (χ4v) is 3.41. The molecule has 0 saturated heterocycles. The lowest BCUT2D eigenvalue weighted by Crippen LogP contribution is -2.38. The predicted octanol–water partition coefficient (Wildman–Crippen LogP) is 3.43. The molecular formula is C17H13FIN3O2. The van der Waals surface area contributed by atoms with Crippen molar-refractivity contribution < 1.29 is 13.9 Å². The number of aryl methyl sites for hydroxylation is 1. The highest BCUT2D eigenvalue weighted by Gasteiger charge is 2.26. The van der Waals surface area contributed by atoms with Crippen LogP contribution < -0.4 is 9.64 Å². The maximum Gasteiger partial charge on any atom is 0.260 e. The molecule has 3 aromatic rings. The van der Waals surface area contributed by atoms with Gasteiger partial charge in [-0.25, -0.2) is 9.37 Å². The molecule has 24 heavy (non-hydrogen) atoms. The Morgan fingerprint density at radius 2 is 2.21 bits per heavy atom. The third-order valence-corrected chi connectivity index (χ3v) is 4.82. The minimum atomic E-state index is -0.381. The topological polar surface area (TPSA) is 46.8 Å². The fraction of sp³-hybridized carbons (Fsp3) is 0.176. The molecule has 1 aliphatic rings. The van der Waals surface area contributed by atoms with Crippen LogP contribution in [-0.2, 0) is 0 Å². The van der Waals surface area contributed by atoms with Gasteiger partial charge >= 0.3 is 0 Å². The van der Waals surface area contributed by atoms with Gasteiger partial charge in [-0.3, -0.25) is 9.20 Å². The van der Waals surface area contributed by atoms with Gasteiger partial charge in [-0.15, -0.1) is 0 Å². The number of halogens is 2. The van der Waals surface area contributed by atoms with Gasteiger partial charge in [-0.05, 0) is 53.3 Å². The smallest absolute Gasteiger partial charge is 0.260 e. The number of fused-ring (bicyclic) bond motifs is 2. The van der Waals surface area contributed by atoms with Crippen LogP contribution >= 0.6 is 22.6 Å². The second-order valence-corrected chi connectivity index (χ2v) is 6.71. The summed E-state index contributed by atoms with van der Waals surface area (Å²) >= 11 is 2.18. The Kier molecular flexibility index (Phi) is 3.67. The van der Waals surface area contributed by atoms with E-state index in [-0.39, 0.29) is 11.7 Å². The quantitative estimate of drug-likeness (QED) is 0.549. The molecule has 0 radical (unpaired) electrons. The van der Waals surface area contributed by atoms with Crippen LogP contribution in [0.3, 0.4) is 0 Å². The van der Waals surface area contributed by atoms with Crippen molar-refractivity contribution in [1.82, 2.24) is 9.38 Å². The zero-order valence-electron chi connectivity index (χ0n) is 12.8. The first-order chi connectivity index (χ1) is 11.5. The van der Waals surface area contributed by atoms with Crippen LogP contribution in [-0.4, -0.2) is 28.4 Å². The SMILES string of the molecule is Cc1cc(C(=O)N2CCOc3cc(F)ccc32)cn2c(I)cnc12. The number of aromatic nitrogens is 2. The van der Waals surface area contributed by atoms with E-state index in [1.54, 1.807) is 23.4 Å². The Balaban J connectivity index is 1.79. The van der Waals surface area contributed by atoms with E-state index in [0.29, 0.717) is 30.2 Å². The van der Waals surface area contributed by atoms with Crippen LogP contribution in [0.1, 0.15) is 15.9 Å². The molecule has 0 saturated carbocycles. The van der Waals surface area contributed by atoms with Crippen LogP contribution in [0.5, 0.6) is 5.75 Å². The van der Waals surface area contributed by atoms with Crippen molar-refractivity contribution >= 4 is 39.8 Å². The van der Waals surface area contributed by atoms with Crippen LogP contribution in [0.25, 0.3) is 5.65 Å².